The molecule has 1 aromatic rings. The minimum absolute atomic E-state index is 0.184. The van der Waals surface area contributed by atoms with E-state index in [4.69, 9.17) is 12.2 Å². The zero-order valence-electron chi connectivity index (χ0n) is 16.8. The van der Waals surface area contributed by atoms with Crippen LogP contribution in [0.3, 0.4) is 0 Å². The summed E-state index contributed by atoms with van der Waals surface area (Å²) >= 11 is 5.29. The maximum absolute atomic E-state index is 10.4. The second kappa shape index (κ2) is 15.8. The van der Waals surface area contributed by atoms with E-state index in [1.54, 1.807) is 0 Å². The minimum Gasteiger partial charge on any atom is -0.394 e. The van der Waals surface area contributed by atoms with E-state index in [1.807, 2.05) is 30.3 Å². The molecule has 0 heterocycles. The summed E-state index contributed by atoms with van der Waals surface area (Å²) < 4.78 is 0. The van der Waals surface area contributed by atoms with Gasteiger partial charge in [0.2, 0.25) is 0 Å². The largest absolute Gasteiger partial charge is 0.394 e. The lowest BCUT2D eigenvalue weighted by atomic mass is 10.0. The van der Waals surface area contributed by atoms with Crippen molar-refractivity contribution in [2.75, 3.05) is 13.2 Å². The van der Waals surface area contributed by atoms with Gasteiger partial charge in [0.05, 0.1) is 12.6 Å². The van der Waals surface area contributed by atoms with Gasteiger partial charge < -0.3 is 20.8 Å². The molecule has 0 aliphatic heterocycles. The van der Waals surface area contributed by atoms with Gasteiger partial charge in [0.15, 0.2) is 5.11 Å². The van der Waals surface area contributed by atoms with Crippen molar-refractivity contribution in [3.05, 3.63) is 35.9 Å². The molecule has 2 atom stereocenters. The predicted molar refractivity (Wildman–Crippen MR) is 118 cm³/mol. The van der Waals surface area contributed by atoms with Crippen LogP contribution in [-0.2, 0) is 0 Å². The molecular weight excluding hydrogens is 356 g/mol. The zero-order chi connectivity index (χ0) is 19.7. The molecule has 0 aromatic heterocycles. The predicted octanol–water partition coefficient (Wildman–Crippen LogP) is 4.47. The van der Waals surface area contributed by atoms with Crippen molar-refractivity contribution in [3.63, 3.8) is 0 Å². The highest BCUT2D eigenvalue weighted by molar-refractivity contribution is 7.80. The summed E-state index contributed by atoms with van der Waals surface area (Å²) in [5.41, 5.74) is 0.765. The first-order valence-electron chi connectivity index (χ1n) is 10.6. The second-order valence-corrected chi connectivity index (χ2v) is 7.64. The van der Waals surface area contributed by atoms with Crippen molar-refractivity contribution >= 4 is 17.3 Å². The molecule has 0 fully saturated rings. The first-order valence-corrected chi connectivity index (χ1v) is 11.0. The summed E-state index contributed by atoms with van der Waals surface area (Å²) in [7, 11) is 0. The van der Waals surface area contributed by atoms with Crippen molar-refractivity contribution in [1.82, 2.24) is 10.6 Å². The summed E-state index contributed by atoms with van der Waals surface area (Å²) in [6.45, 7) is 2.89. The van der Waals surface area contributed by atoms with E-state index >= 15 is 0 Å². The Morgan fingerprint density at radius 1 is 0.926 bits per heavy atom. The van der Waals surface area contributed by atoms with Crippen molar-refractivity contribution < 1.29 is 10.2 Å². The Kier molecular flexibility index (Phi) is 14.0. The summed E-state index contributed by atoms with van der Waals surface area (Å²) in [5, 5.41) is 26.6. The van der Waals surface area contributed by atoms with Gasteiger partial charge in [-0.15, -0.1) is 0 Å². The Morgan fingerprint density at radius 3 is 2.04 bits per heavy atom. The number of thiocarbonyl (C=S) groups is 1. The highest BCUT2D eigenvalue weighted by Crippen LogP contribution is 2.16. The fraction of sp³-hybridized carbons (Fsp3) is 0.682. The van der Waals surface area contributed by atoms with Gasteiger partial charge in [-0.25, -0.2) is 0 Å². The van der Waals surface area contributed by atoms with Crippen LogP contribution in [0.4, 0.5) is 0 Å². The summed E-state index contributed by atoms with van der Waals surface area (Å²) in [5.74, 6) is 0. The second-order valence-electron chi connectivity index (χ2n) is 7.23. The van der Waals surface area contributed by atoms with E-state index in [2.05, 4.69) is 17.6 Å². The molecule has 0 saturated carbocycles. The Morgan fingerprint density at radius 2 is 1.48 bits per heavy atom. The van der Waals surface area contributed by atoms with E-state index < -0.39 is 12.1 Å². The van der Waals surface area contributed by atoms with Gasteiger partial charge in [0.25, 0.3) is 0 Å². The van der Waals surface area contributed by atoms with E-state index in [1.165, 1.54) is 57.8 Å². The maximum Gasteiger partial charge on any atom is 0.166 e. The van der Waals surface area contributed by atoms with E-state index in [0.717, 1.165) is 18.5 Å². The third-order valence-electron chi connectivity index (χ3n) is 4.85. The molecule has 0 bridgehead atoms. The fourth-order valence-electron chi connectivity index (χ4n) is 3.14. The topological polar surface area (TPSA) is 64.5 Å². The highest BCUT2D eigenvalue weighted by atomic mass is 32.1. The molecule has 5 heteroatoms. The number of hydrogen-bond donors (Lipinski definition) is 4. The van der Waals surface area contributed by atoms with Gasteiger partial charge in [-0.1, -0.05) is 95.0 Å². The van der Waals surface area contributed by atoms with Gasteiger partial charge in [-0.2, -0.15) is 0 Å². The number of hydrogen-bond acceptors (Lipinski definition) is 3. The number of aliphatic hydroxyl groups is 2. The number of benzene rings is 1. The normalized spacial score (nSPS) is 13.1. The molecule has 0 spiro atoms. The van der Waals surface area contributed by atoms with Gasteiger partial charge in [0, 0.05) is 6.54 Å². The molecule has 0 aliphatic rings. The van der Waals surface area contributed by atoms with Crippen LogP contribution in [0, 0.1) is 0 Å². The lowest BCUT2D eigenvalue weighted by Crippen LogP contribution is -2.46. The molecule has 4 nitrogen and oxygen atoms in total. The van der Waals surface area contributed by atoms with Crippen LogP contribution < -0.4 is 10.6 Å². The van der Waals surface area contributed by atoms with E-state index in [9.17, 15) is 10.2 Å². The van der Waals surface area contributed by atoms with Crippen LogP contribution in [0.2, 0.25) is 0 Å². The smallest absolute Gasteiger partial charge is 0.166 e. The summed E-state index contributed by atoms with van der Waals surface area (Å²) in [4.78, 5) is 0. The summed E-state index contributed by atoms with van der Waals surface area (Å²) in [6.07, 6.45) is 12.3. The molecule has 0 saturated heterocycles. The Bertz CT molecular complexity index is 484. The van der Waals surface area contributed by atoms with Crippen LogP contribution in [-0.4, -0.2) is 34.5 Å². The SMILES string of the molecule is CCCCCCCCCCCCNC(=S)N[C@H](CO)[C@H](O)c1ccccc1. The molecule has 0 aliphatic carbocycles. The van der Waals surface area contributed by atoms with Crippen LogP contribution in [0.1, 0.15) is 82.8 Å². The molecule has 1 aromatic carbocycles. The van der Waals surface area contributed by atoms with Crippen LogP contribution in [0.25, 0.3) is 0 Å². The third kappa shape index (κ3) is 11.3. The van der Waals surface area contributed by atoms with Crippen LogP contribution in [0.15, 0.2) is 30.3 Å². The molecule has 4 N–H and O–H groups in total. The highest BCUT2D eigenvalue weighted by Gasteiger charge is 2.20. The Labute approximate surface area is 170 Å². The standard InChI is InChI=1S/C22H38N2O2S/c1-2-3-4-5-6-7-8-9-10-14-17-23-22(27)24-20(18-25)21(26)19-15-12-11-13-16-19/h11-13,15-16,20-21,25-26H,2-10,14,17-18H2,1H3,(H2,23,24,27)/t20-,21-/m1/s1. The van der Waals surface area contributed by atoms with Crippen molar-refractivity contribution in [3.8, 4) is 0 Å². The molecule has 0 amide bonds. The van der Waals surface area contributed by atoms with Gasteiger partial charge in [-0.05, 0) is 24.2 Å². The van der Waals surface area contributed by atoms with Crippen molar-refractivity contribution in [2.45, 2.75) is 83.3 Å². The molecule has 0 radical (unpaired) electrons. The number of aliphatic hydroxyl groups excluding tert-OH is 2. The van der Waals surface area contributed by atoms with Gasteiger partial charge in [0.1, 0.15) is 6.10 Å². The number of nitrogens with one attached hydrogen (secondary N) is 2. The lowest BCUT2D eigenvalue weighted by Gasteiger charge is -2.24. The minimum atomic E-state index is -0.798. The van der Waals surface area contributed by atoms with Gasteiger partial charge in [-0.3, -0.25) is 0 Å². The Balaban J connectivity index is 2.07. The maximum atomic E-state index is 10.4. The van der Waals surface area contributed by atoms with Crippen LogP contribution in [0.5, 0.6) is 0 Å². The molecular formula is C22H38N2O2S. The summed E-state index contributed by atoms with van der Waals surface area (Å²) in [6, 6.07) is 8.81. The quantitative estimate of drug-likeness (QED) is 0.261. The first kappa shape index (κ1) is 23.9. The van der Waals surface area contributed by atoms with E-state index in [-0.39, 0.29) is 6.61 Å². The van der Waals surface area contributed by atoms with Gasteiger partial charge >= 0.3 is 0 Å². The van der Waals surface area contributed by atoms with Crippen molar-refractivity contribution in [1.29, 1.82) is 0 Å². The lowest BCUT2D eigenvalue weighted by molar-refractivity contribution is 0.0997. The van der Waals surface area contributed by atoms with Crippen molar-refractivity contribution in [2.24, 2.45) is 0 Å². The Hall–Kier alpha value is -1.17. The molecule has 0 unspecified atom stereocenters. The average Bonchev–Trinajstić information content (AvgIpc) is 2.70. The molecule has 154 valence electrons. The average molecular weight is 395 g/mol. The van der Waals surface area contributed by atoms with E-state index in [0.29, 0.717) is 5.11 Å². The molecule has 27 heavy (non-hydrogen) atoms. The number of rotatable bonds is 15. The first-order chi connectivity index (χ1) is 13.2. The fourth-order valence-corrected chi connectivity index (χ4v) is 3.39. The third-order valence-corrected chi connectivity index (χ3v) is 5.11. The zero-order valence-corrected chi connectivity index (χ0v) is 17.6. The monoisotopic (exact) mass is 394 g/mol. The molecule has 1 rings (SSSR count). The number of unbranched alkanes of at least 4 members (excludes halogenated alkanes) is 9. The van der Waals surface area contributed by atoms with Crippen LogP contribution >= 0.6 is 12.2 Å².